The first-order valence-corrected chi connectivity index (χ1v) is 3.13. The van der Waals surface area contributed by atoms with E-state index in [4.69, 9.17) is 4.74 Å². The second kappa shape index (κ2) is 3.05. The molecular weight excluding hydrogens is 104 g/mol. The summed E-state index contributed by atoms with van der Waals surface area (Å²) in [5.41, 5.74) is 0. The van der Waals surface area contributed by atoms with Crippen LogP contribution in [0.5, 0.6) is 0 Å². The van der Waals surface area contributed by atoms with Crippen LogP contribution < -0.4 is 5.11 Å². The van der Waals surface area contributed by atoms with Gasteiger partial charge in [-0.2, -0.15) is 0 Å². The van der Waals surface area contributed by atoms with Gasteiger partial charge in [0.2, 0.25) is 0 Å². The fourth-order valence-corrected chi connectivity index (χ4v) is 0.709. The molecule has 1 rings (SSSR count). The molecule has 1 fully saturated rings. The first-order valence-electron chi connectivity index (χ1n) is 3.13. The van der Waals surface area contributed by atoms with Gasteiger partial charge in [0.05, 0.1) is 12.7 Å². The maximum absolute atomic E-state index is 9.89. The topological polar surface area (TPSA) is 35.6 Å². The van der Waals surface area contributed by atoms with Crippen LogP contribution in [-0.4, -0.2) is 19.3 Å². The zero-order chi connectivity index (χ0) is 5.82. The Morgan fingerprint density at radius 2 is 2.25 bits per heavy atom. The van der Waals surface area contributed by atoms with Gasteiger partial charge in [0, 0.05) is 0 Å². The standard InChI is InChI=1S/C6H11O2/c7-4-2-1-3-6-5-8-6/h6H,1-5H2/q-1. The van der Waals surface area contributed by atoms with Crippen molar-refractivity contribution < 1.29 is 9.84 Å². The maximum Gasteiger partial charge on any atom is 0.0810 e. The van der Waals surface area contributed by atoms with Gasteiger partial charge in [-0.3, -0.25) is 0 Å². The lowest BCUT2D eigenvalue weighted by Crippen LogP contribution is -2.04. The van der Waals surface area contributed by atoms with E-state index in [1.165, 1.54) is 0 Å². The molecule has 8 heavy (non-hydrogen) atoms. The Morgan fingerprint density at radius 3 is 2.75 bits per heavy atom. The van der Waals surface area contributed by atoms with Gasteiger partial charge in [-0.25, -0.2) is 0 Å². The van der Waals surface area contributed by atoms with Crippen LogP contribution in [0.1, 0.15) is 19.3 Å². The normalized spacial score (nSPS) is 25.9. The lowest BCUT2D eigenvalue weighted by Gasteiger charge is -1.99. The molecule has 48 valence electrons. The van der Waals surface area contributed by atoms with Crippen molar-refractivity contribution in [3.63, 3.8) is 0 Å². The zero-order valence-electron chi connectivity index (χ0n) is 4.93. The molecule has 1 aliphatic heterocycles. The fraction of sp³-hybridized carbons (Fsp3) is 1.00. The molecule has 2 heteroatoms. The first-order chi connectivity index (χ1) is 3.93. The lowest BCUT2D eigenvalue weighted by atomic mass is 10.2. The smallest absolute Gasteiger partial charge is 0.0810 e. The summed E-state index contributed by atoms with van der Waals surface area (Å²) in [4.78, 5) is 0. The Hall–Kier alpha value is -0.0800. The highest BCUT2D eigenvalue weighted by molar-refractivity contribution is 4.67. The molecule has 0 amide bonds. The van der Waals surface area contributed by atoms with Crippen molar-refractivity contribution in [2.45, 2.75) is 25.4 Å². The summed E-state index contributed by atoms with van der Waals surface area (Å²) in [5, 5.41) is 9.89. The summed E-state index contributed by atoms with van der Waals surface area (Å²) >= 11 is 0. The zero-order valence-corrected chi connectivity index (χ0v) is 4.93. The molecule has 2 nitrogen and oxygen atoms in total. The lowest BCUT2D eigenvalue weighted by molar-refractivity contribution is -0.368. The fourth-order valence-electron chi connectivity index (χ4n) is 0.709. The van der Waals surface area contributed by atoms with E-state index in [2.05, 4.69) is 0 Å². The molecule has 0 aromatic heterocycles. The molecule has 1 saturated heterocycles. The molecule has 1 aliphatic rings. The van der Waals surface area contributed by atoms with Crippen molar-refractivity contribution in [3.05, 3.63) is 0 Å². The number of hydrogen-bond acceptors (Lipinski definition) is 2. The minimum atomic E-state index is 0.0761. The Bertz CT molecular complexity index is 59.5. The molecule has 0 N–H and O–H groups in total. The van der Waals surface area contributed by atoms with Crippen molar-refractivity contribution in [3.8, 4) is 0 Å². The third-order valence-corrected chi connectivity index (χ3v) is 1.32. The van der Waals surface area contributed by atoms with Gasteiger partial charge in [-0.05, 0) is 6.42 Å². The van der Waals surface area contributed by atoms with E-state index in [-0.39, 0.29) is 6.61 Å². The summed E-state index contributed by atoms with van der Waals surface area (Å²) < 4.78 is 4.95. The van der Waals surface area contributed by atoms with Crippen LogP contribution in [0, 0.1) is 0 Å². The van der Waals surface area contributed by atoms with Crippen LogP contribution in [0.25, 0.3) is 0 Å². The number of unbranched alkanes of at least 4 members (excludes halogenated alkanes) is 1. The van der Waals surface area contributed by atoms with E-state index in [9.17, 15) is 5.11 Å². The third kappa shape index (κ3) is 2.28. The third-order valence-electron chi connectivity index (χ3n) is 1.32. The SMILES string of the molecule is [O-]CCCCC1CO1. The predicted octanol–water partition coefficient (Wildman–Crippen LogP) is -0.0842. The van der Waals surface area contributed by atoms with Crippen molar-refractivity contribution >= 4 is 0 Å². The Labute approximate surface area is 49.5 Å². The number of hydrogen-bond donors (Lipinski definition) is 0. The van der Waals surface area contributed by atoms with Gasteiger partial charge in [-0.15, -0.1) is 6.61 Å². The second-order valence-corrected chi connectivity index (χ2v) is 2.16. The van der Waals surface area contributed by atoms with Gasteiger partial charge in [0.1, 0.15) is 0 Å². The van der Waals surface area contributed by atoms with Gasteiger partial charge in [0.25, 0.3) is 0 Å². The molecule has 1 atom stereocenters. The van der Waals surface area contributed by atoms with Crippen LogP contribution in [0.15, 0.2) is 0 Å². The number of rotatable bonds is 4. The molecule has 0 spiro atoms. The van der Waals surface area contributed by atoms with E-state index < -0.39 is 0 Å². The maximum atomic E-state index is 9.89. The molecular formula is C6H11O2-. The highest BCUT2D eigenvalue weighted by Crippen LogP contribution is 2.15. The first kappa shape index (κ1) is 6.05. The molecule has 0 radical (unpaired) electrons. The highest BCUT2D eigenvalue weighted by atomic mass is 16.6. The highest BCUT2D eigenvalue weighted by Gasteiger charge is 2.20. The van der Waals surface area contributed by atoms with E-state index in [1.807, 2.05) is 0 Å². The van der Waals surface area contributed by atoms with Crippen molar-refractivity contribution in [2.75, 3.05) is 13.2 Å². The Kier molecular flexibility index (Phi) is 2.30. The number of epoxide rings is 1. The average Bonchev–Trinajstić information content (AvgIpc) is 2.51. The minimum absolute atomic E-state index is 0.0761. The molecule has 0 bridgehead atoms. The van der Waals surface area contributed by atoms with Crippen molar-refractivity contribution in [2.24, 2.45) is 0 Å². The molecule has 1 unspecified atom stereocenters. The Morgan fingerprint density at radius 1 is 1.50 bits per heavy atom. The summed E-state index contributed by atoms with van der Waals surface area (Å²) in [6.45, 7) is 1.01. The molecule has 0 saturated carbocycles. The molecule has 0 aliphatic carbocycles. The summed E-state index contributed by atoms with van der Waals surface area (Å²) in [6, 6.07) is 0. The predicted molar refractivity (Wildman–Crippen MR) is 28.5 cm³/mol. The molecule has 0 aromatic carbocycles. The van der Waals surface area contributed by atoms with Gasteiger partial charge < -0.3 is 9.84 Å². The van der Waals surface area contributed by atoms with Crippen LogP contribution >= 0.6 is 0 Å². The van der Waals surface area contributed by atoms with Gasteiger partial charge in [0.15, 0.2) is 0 Å². The molecule has 1 heterocycles. The summed E-state index contributed by atoms with van der Waals surface area (Å²) in [5.74, 6) is 0. The monoisotopic (exact) mass is 115 g/mol. The average molecular weight is 115 g/mol. The van der Waals surface area contributed by atoms with Crippen molar-refractivity contribution in [1.82, 2.24) is 0 Å². The summed E-state index contributed by atoms with van der Waals surface area (Å²) in [6.07, 6.45) is 3.48. The van der Waals surface area contributed by atoms with Gasteiger partial charge in [-0.1, -0.05) is 12.8 Å². The van der Waals surface area contributed by atoms with Crippen LogP contribution in [0.2, 0.25) is 0 Å². The Balaban J connectivity index is 1.74. The van der Waals surface area contributed by atoms with Crippen LogP contribution in [0.4, 0.5) is 0 Å². The summed E-state index contributed by atoms with van der Waals surface area (Å²) in [7, 11) is 0. The quantitative estimate of drug-likeness (QED) is 0.379. The van der Waals surface area contributed by atoms with E-state index >= 15 is 0 Å². The molecule has 0 aromatic rings. The van der Waals surface area contributed by atoms with E-state index in [0.717, 1.165) is 25.9 Å². The number of ether oxygens (including phenoxy) is 1. The van der Waals surface area contributed by atoms with Crippen molar-refractivity contribution in [1.29, 1.82) is 0 Å². The van der Waals surface area contributed by atoms with E-state index in [1.54, 1.807) is 0 Å². The largest absolute Gasteiger partial charge is 0.854 e. The second-order valence-electron chi connectivity index (χ2n) is 2.16. The minimum Gasteiger partial charge on any atom is -0.854 e. The van der Waals surface area contributed by atoms with Gasteiger partial charge >= 0.3 is 0 Å². The van der Waals surface area contributed by atoms with E-state index in [0.29, 0.717) is 6.10 Å². The van der Waals surface area contributed by atoms with Crippen LogP contribution in [0.3, 0.4) is 0 Å². The van der Waals surface area contributed by atoms with Crippen LogP contribution in [-0.2, 0) is 4.74 Å².